The number of rotatable bonds is 7. The van der Waals surface area contributed by atoms with Gasteiger partial charge in [-0.3, -0.25) is 4.79 Å². The van der Waals surface area contributed by atoms with Gasteiger partial charge in [0.15, 0.2) is 9.84 Å². The van der Waals surface area contributed by atoms with Crippen LogP contribution in [0.4, 0.5) is 0 Å². The fourth-order valence-electron chi connectivity index (χ4n) is 1.61. The van der Waals surface area contributed by atoms with Gasteiger partial charge in [-0.05, 0) is 19.1 Å². The third-order valence-corrected chi connectivity index (χ3v) is 4.26. The summed E-state index contributed by atoms with van der Waals surface area (Å²) in [5.41, 5.74) is 0. The van der Waals surface area contributed by atoms with Gasteiger partial charge in [0.05, 0.1) is 17.3 Å². The first-order valence-electron chi connectivity index (χ1n) is 6.02. The van der Waals surface area contributed by atoms with Gasteiger partial charge in [-0.1, -0.05) is 18.2 Å². The standard InChI is InChI=1S/C13H19NO4S/c1-11(10-18-2)14-13(15)8-9-19(16,17)12-6-4-3-5-7-12/h3-7,11H,8-10H2,1-2H3,(H,14,15). The van der Waals surface area contributed by atoms with Crippen LogP contribution in [0.5, 0.6) is 0 Å². The van der Waals surface area contributed by atoms with Crippen LogP contribution in [0, 0.1) is 0 Å². The van der Waals surface area contributed by atoms with Crippen LogP contribution in [0.15, 0.2) is 35.2 Å². The highest BCUT2D eigenvalue weighted by atomic mass is 32.2. The summed E-state index contributed by atoms with van der Waals surface area (Å²) < 4.78 is 28.8. The molecule has 1 amide bonds. The first-order valence-corrected chi connectivity index (χ1v) is 7.67. The lowest BCUT2D eigenvalue weighted by Gasteiger charge is -2.12. The van der Waals surface area contributed by atoms with Crippen LogP contribution < -0.4 is 5.32 Å². The molecule has 6 heteroatoms. The summed E-state index contributed by atoms with van der Waals surface area (Å²) >= 11 is 0. The average Bonchev–Trinajstić information content (AvgIpc) is 2.38. The molecule has 0 heterocycles. The van der Waals surface area contributed by atoms with E-state index in [0.29, 0.717) is 6.61 Å². The Morgan fingerprint density at radius 3 is 2.53 bits per heavy atom. The quantitative estimate of drug-likeness (QED) is 0.811. The third kappa shape index (κ3) is 5.40. The van der Waals surface area contributed by atoms with Crippen LogP contribution in [0.25, 0.3) is 0 Å². The van der Waals surface area contributed by atoms with Gasteiger partial charge in [-0.2, -0.15) is 0 Å². The fraction of sp³-hybridized carbons (Fsp3) is 0.462. The zero-order chi connectivity index (χ0) is 14.3. The number of nitrogens with one attached hydrogen (secondary N) is 1. The minimum atomic E-state index is -3.40. The lowest BCUT2D eigenvalue weighted by Crippen LogP contribution is -2.36. The monoisotopic (exact) mass is 285 g/mol. The van der Waals surface area contributed by atoms with Crippen LogP contribution in [-0.4, -0.2) is 39.8 Å². The van der Waals surface area contributed by atoms with Crippen molar-refractivity contribution in [3.8, 4) is 0 Å². The first-order chi connectivity index (χ1) is 8.95. The van der Waals surface area contributed by atoms with Gasteiger partial charge in [0.1, 0.15) is 0 Å². The Morgan fingerprint density at radius 2 is 1.95 bits per heavy atom. The molecule has 0 aromatic heterocycles. The molecular formula is C13H19NO4S. The smallest absolute Gasteiger partial charge is 0.221 e. The molecule has 0 saturated carbocycles. The van der Waals surface area contributed by atoms with Gasteiger partial charge in [-0.15, -0.1) is 0 Å². The molecule has 106 valence electrons. The molecule has 0 bridgehead atoms. The predicted octanol–water partition coefficient (Wildman–Crippen LogP) is 1.00. The van der Waals surface area contributed by atoms with Gasteiger partial charge in [-0.25, -0.2) is 8.42 Å². The van der Waals surface area contributed by atoms with E-state index in [9.17, 15) is 13.2 Å². The van der Waals surface area contributed by atoms with E-state index in [1.54, 1.807) is 32.2 Å². The molecule has 1 atom stereocenters. The summed E-state index contributed by atoms with van der Waals surface area (Å²) in [7, 11) is -1.85. The molecule has 0 aliphatic rings. The third-order valence-electron chi connectivity index (χ3n) is 2.52. The highest BCUT2D eigenvalue weighted by molar-refractivity contribution is 7.91. The van der Waals surface area contributed by atoms with Crippen molar-refractivity contribution in [2.24, 2.45) is 0 Å². The van der Waals surface area contributed by atoms with Crippen molar-refractivity contribution in [3.63, 3.8) is 0 Å². The van der Waals surface area contributed by atoms with Crippen LogP contribution in [0.1, 0.15) is 13.3 Å². The number of methoxy groups -OCH3 is 1. The Bertz CT molecular complexity index is 499. The second-order valence-electron chi connectivity index (χ2n) is 4.31. The van der Waals surface area contributed by atoms with E-state index >= 15 is 0 Å². The molecule has 0 spiro atoms. The molecule has 1 aromatic carbocycles. The van der Waals surface area contributed by atoms with E-state index in [1.165, 1.54) is 12.1 Å². The second kappa shape index (κ2) is 7.25. The minimum absolute atomic E-state index is 0.0503. The van der Waals surface area contributed by atoms with Crippen LogP contribution >= 0.6 is 0 Å². The predicted molar refractivity (Wildman–Crippen MR) is 72.6 cm³/mol. The average molecular weight is 285 g/mol. The number of benzene rings is 1. The molecule has 0 fully saturated rings. The molecule has 0 aliphatic heterocycles. The molecule has 1 rings (SSSR count). The number of carbonyl (C=O) groups excluding carboxylic acids is 1. The van der Waals surface area contributed by atoms with Gasteiger partial charge >= 0.3 is 0 Å². The second-order valence-corrected chi connectivity index (χ2v) is 6.41. The summed E-state index contributed by atoms with van der Waals surface area (Å²) in [6.07, 6.45) is -0.0503. The van der Waals surface area contributed by atoms with Crippen molar-refractivity contribution in [2.75, 3.05) is 19.5 Å². The van der Waals surface area contributed by atoms with Crippen molar-refractivity contribution in [1.82, 2.24) is 5.32 Å². The topological polar surface area (TPSA) is 72.5 Å². The maximum absolute atomic E-state index is 11.9. The molecule has 0 saturated heterocycles. The Morgan fingerprint density at radius 1 is 1.32 bits per heavy atom. The highest BCUT2D eigenvalue weighted by Gasteiger charge is 2.16. The van der Waals surface area contributed by atoms with Gasteiger partial charge in [0.25, 0.3) is 0 Å². The molecular weight excluding hydrogens is 266 g/mol. The molecule has 0 radical (unpaired) electrons. The largest absolute Gasteiger partial charge is 0.383 e. The van der Waals surface area contributed by atoms with Gasteiger partial charge < -0.3 is 10.1 Å². The normalized spacial score (nSPS) is 12.9. The zero-order valence-corrected chi connectivity index (χ0v) is 11.9. The Kier molecular flexibility index (Phi) is 5.98. The minimum Gasteiger partial charge on any atom is -0.383 e. The maximum Gasteiger partial charge on any atom is 0.221 e. The van der Waals surface area contributed by atoms with Crippen molar-refractivity contribution in [1.29, 1.82) is 0 Å². The Balaban J connectivity index is 2.50. The van der Waals surface area contributed by atoms with Crippen molar-refractivity contribution >= 4 is 15.7 Å². The van der Waals surface area contributed by atoms with Crippen molar-refractivity contribution in [3.05, 3.63) is 30.3 Å². The van der Waals surface area contributed by atoms with E-state index in [2.05, 4.69) is 5.32 Å². The molecule has 1 aromatic rings. The summed E-state index contributed by atoms with van der Waals surface area (Å²) in [4.78, 5) is 11.8. The molecule has 1 unspecified atom stereocenters. The molecule has 1 N–H and O–H groups in total. The summed E-state index contributed by atoms with van der Waals surface area (Å²) in [6, 6.07) is 8.00. The number of hydrogen-bond donors (Lipinski definition) is 1. The van der Waals surface area contributed by atoms with E-state index in [-0.39, 0.29) is 29.0 Å². The van der Waals surface area contributed by atoms with Crippen molar-refractivity contribution in [2.45, 2.75) is 24.3 Å². The van der Waals surface area contributed by atoms with E-state index in [4.69, 9.17) is 4.74 Å². The van der Waals surface area contributed by atoms with Gasteiger partial charge in [0.2, 0.25) is 5.91 Å². The number of amides is 1. The van der Waals surface area contributed by atoms with Gasteiger partial charge in [0, 0.05) is 19.6 Å². The molecule has 5 nitrogen and oxygen atoms in total. The lowest BCUT2D eigenvalue weighted by atomic mass is 10.3. The Hall–Kier alpha value is -1.40. The van der Waals surface area contributed by atoms with Crippen LogP contribution in [0.3, 0.4) is 0 Å². The van der Waals surface area contributed by atoms with E-state index in [0.717, 1.165) is 0 Å². The highest BCUT2D eigenvalue weighted by Crippen LogP contribution is 2.10. The molecule has 19 heavy (non-hydrogen) atoms. The number of hydrogen-bond acceptors (Lipinski definition) is 4. The lowest BCUT2D eigenvalue weighted by molar-refractivity contribution is -0.121. The Labute approximate surface area is 113 Å². The fourth-order valence-corrected chi connectivity index (χ4v) is 2.87. The summed E-state index contributed by atoms with van der Waals surface area (Å²) in [5.74, 6) is -0.480. The summed E-state index contributed by atoms with van der Waals surface area (Å²) in [5, 5.41) is 2.68. The zero-order valence-electron chi connectivity index (χ0n) is 11.1. The van der Waals surface area contributed by atoms with Crippen molar-refractivity contribution < 1.29 is 17.9 Å². The van der Waals surface area contributed by atoms with Crippen LogP contribution in [-0.2, 0) is 19.4 Å². The summed E-state index contributed by atoms with van der Waals surface area (Å²) in [6.45, 7) is 2.20. The number of carbonyl (C=O) groups is 1. The van der Waals surface area contributed by atoms with Crippen LogP contribution in [0.2, 0.25) is 0 Å². The first kappa shape index (κ1) is 15.7. The van der Waals surface area contributed by atoms with E-state index < -0.39 is 9.84 Å². The maximum atomic E-state index is 11.9. The molecule has 0 aliphatic carbocycles. The number of ether oxygens (including phenoxy) is 1. The van der Waals surface area contributed by atoms with E-state index in [1.807, 2.05) is 0 Å². The number of sulfone groups is 1. The SMILES string of the molecule is COCC(C)NC(=O)CCS(=O)(=O)c1ccccc1.